The van der Waals surface area contributed by atoms with Gasteiger partial charge in [-0.15, -0.1) is 0 Å². The van der Waals surface area contributed by atoms with Crippen LogP contribution in [0.1, 0.15) is 0 Å². The van der Waals surface area contributed by atoms with Gasteiger partial charge in [-0.3, -0.25) is 10.1 Å². The molecule has 0 spiro atoms. The predicted octanol–water partition coefficient (Wildman–Crippen LogP) is 8.03. The molecular formula is C30H20N2O2. The van der Waals surface area contributed by atoms with Crippen molar-refractivity contribution >= 4 is 27.5 Å². The van der Waals surface area contributed by atoms with E-state index in [9.17, 15) is 10.1 Å². The van der Waals surface area contributed by atoms with E-state index in [1.54, 1.807) is 6.07 Å². The zero-order valence-electron chi connectivity index (χ0n) is 18.3. The molecule has 0 fully saturated rings. The summed E-state index contributed by atoms with van der Waals surface area (Å²) in [4.78, 5) is 11.8. The summed E-state index contributed by atoms with van der Waals surface area (Å²) >= 11 is 0. The Balaban J connectivity index is 1.63. The van der Waals surface area contributed by atoms with E-state index < -0.39 is 0 Å². The zero-order valence-corrected chi connectivity index (χ0v) is 18.3. The predicted molar refractivity (Wildman–Crippen MR) is 138 cm³/mol. The van der Waals surface area contributed by atoms with Crippen LogP contribution in [0.2, 0.25) is 0 Å². The fraction of sp³-hybridized carbons (Fsp3) is 0. The summed E-state index contributed by atoms with van der Waals surface area (Å²) in [6, 6.07) is 39.9. The molecule has 0 bridgehead atoms. The number of fused-ring (bicyclic) bond motifs is 3. The van der Waals surface area contributed by atoms with E-state index in [2.05, 4.69) is 47.0 Å². The number of rotatable bonds is 4. The first-order valence-electron chi connectivity index (χ1n) is 11.1. The van der Waals surface area contributed by atoms with Crippen molar-refractivity contribution < 1.29 is 4.92 Å². The molecule has 162 valence electrons. The molecule has 0 aliphatic rings. The first-order valence-corrected chi connectivity index (χ1v) is 11.1. The van der Waals surface area contributed by atoms with Gasteiger partial charge >= 0.3 is 0 Å². The fourth-order valence-corrected chi connectivity index (χ4v) is 4.73. The molecule has 5 aromatic carbocycles. The van der Waals surface area contributed by atoms with Gasteiger partial charge in [-0.05, 0) is 41.0 Å². The third kappa shape index (κ3) is 3.24. The molecule has 0 aliphatic carbocycles. The maximum atomic E-state index is 12.1. The van der Waals surface area contributed by atoms with Gasteiger partial charge < -0.3 is 4.57 Å². The summed E-state index contributed by atoms with van der Waals surface area (Å²) in [5.74, 6) is 0. The highest BCUT2D eigenvalue weighted by molar-refractivity contribution is 6.10. The van der Waals surface area contributed by atoms with Crippen molar-refractivity contribution in [2.75, 3.05) is 0 Å². The summed E-state index contributed by atoms with van der Waals surface area (Å²) < 4.78 is 2.12. The van der Waals surface area contributed by atoms with Crippen LogP contribution < -0.4 is 0 Å². The molecule has 0 N–H and O–H groups in total. The van der Waals surface area contributed by atoms with Gasteiger partial charge in [0, 0.05) is 16.8 Å². The van der Waals surface area contributed by atoms with Crippen LogP contribution >= 0.6 is 0 Å². The molecule has 1 aromatic heterocycles. The Kier molecular flexibility index (Phi) is 4.70. The highest BCUT2D eigenvalue weighted by Crippen LogP contribution is 2.37. The Bertz CT molecular complexity index is 1670. The maximum absolute atomic E-state index is 12.1. The summed E-state index contributed by atoms with van der Waals surface area (Å²) in [5, 5.41) is 14.3. The van der Waals surface area contributed by atoms with E-state index in [0.29, 0.717) is 5.56 Å². The topological polar surface area (TPSA) is 48.1 Å². The quantitative estimate of drug-likeness (QED) is 0.206. The van der Waals surface area contributed by atoms with E-state index >= 15 is 0 Å². The standard InChI is InChI=1S/C30H20N2O2/c33-32(34)30-20-24(16-18-25(30)22-11-5-2-6-12-22)31-28-14-8-7-13-26(28)27-17-15-23(19-29(27)31)21-9-3-1-4-10-21/h1-20H. The smallest absolute Gasteiger partial charge is 0.279 e. The van der Waals surface area contributed by atoms with Crippen LogP contribution in [0.3, 0.4) is 0 Å². The fourth-order valence-electron chi connectivity index (χ4n) is 4.73. The molecule has 0 saturated carbocycles. The normalized spacial score (nSPS) is 11.2. The van der Waals surface area contributed by atoms with Crippen LogP contribution in [0.25, 0.3) is 49.7 Å². The van der Waals surface area contributed by atoms with Crippen LogP contribution in [0.15, 0.2) is 121 Å². The number of nitrogens with zero attached hydrogens (tertiary/aromatic N) is 2. The lowest BCUT2D eigenvalue weighted by molar-refractivity contribution is -0.384. The van der Waals surface area contributed by atoms with Gasteiger partial charge in [0.15, 0.2) is 0 Å². The van der Waals surface area contributed by atoms with Gasteiger partial charge in [0.2, 0.25) is 0 Å². The first-order chi connectivity index (χ1) is 16.7. The second-order valence-corrected chi connectivity index (χ2v) is 8.28. The van der Waals surface area contributed by atoms with Crippen LogP contribution in [0.5, 0.6) is 0 Å². The first kappa shape index (κ1) is 19.9. The van der Waals surface area contributed by atoms with Gasteiger partial charge in [-0.1, -0.05) is 91.0 Å². The molecule has 0 saturated heterocycles. The van der Waals surface area contributed by atoms with Crippen molar-refractivity contribution in [3.63, 3.8) is 0 Å². The Morgan fingerprint density at radius 2 is 1.21 bits per heavy atom. The third-order valence-corrected chi connectivity index (χ3v) is 6.30. The molecule has 6 rings (SSSR count). The number of para-hydroxylation sites is 1. The van der Waals surface area contributed by atoms with Gasteiger partial charge in [0.1, 0.15) is 0 Å². The van der Waals surface area contributed by atoms with Gasteiger partial charge in [-0.2, -0.15) is 0 Å². The van der Waals surface area contributed by atoms with Crippen molar-refractivity contribution in [2.45, 2.75) is 0 Å². The molecule has 0 unspecified atom stereocenters. The number of nitro groups is 1. The summed E-state index contributed by atoms with van der Waals surface area (Å²) in [6.07, 6.45) is 0. The molecule has 4 nitrogen and oxygen atoms in total. The van der Waals surface area contributed by atoms with E-state index in [-0.39, 0.29) is 10.6 Å². The Morgan fingerprint density at radius 3 is 1.94 bits per heavy atom. The van der Waals surface area contributed by atoms with Gasteiger partial charge in [0.05, 0.1) is 27.2 Å². The lowest BCUT2D eigenvalue weighted by Gasteiger charge is -2.11. The van der Waals surface area contributed by atoms with Gasteiger partial charge in [-0.25, -0.2) is 0 Å². The Hall–Kier alpha value is -4.70. The summed E-state index contributed by atoms with van der Waals surface area (Å²) in [7, 11) is 0. The van der Waals surface area contributed by atoms with Crippen LogP contribution in [-0.2, 0) is 0 Å². The van der Waals surface area contributed by atoms with Crippen molar-refractivity contribution in [3.8, 4) is 27.9 Å². The van der Waals surface area contributed by atoms with E-state index in [0.717, 1.165) is 44.2 Å². The SMILES string of the molecule is O=[N+]([O-])c1cc(-n2c3ccccc3c3ccc(-c4ccccc4)cc32)ccc1-c1ccccc1. The van der Waals surface area contributed by atoms with Crippen LogP contribution in [-0.4, -0.2) is 9.49 Å². The van der Waals surface area contributed by atoms with E-state index in [1.165, 1.54) is 0 Å². The van der Waals surface area contributed by atoms with Crippen LogP contribution in [0.4, 0.5) is 5.69 Å². The molecule has 34 heavy (non-hydrogen) atoms. The molecule has 0 aliphatic heterocycles. The second kappa shape index (κ2) is 8.01. The van der Waals surface area contributed by atoms with Crippen molar-refractivity contribution in [1.82, 2.24) is 4.57 Å². The number of nitro benzene ring substituents is 1. The highest BCUT2D eigenvalue weighted by atomic mass is 16.6. The largest absolute Gasteiger partial charge is 0.309 e. The minimum absolute atomic E-state index is 0.0915. The molecule has 0 amide bonds. The Morgan fingerprint density at radius 1 is 0.559 bits per heavy atom. The second-order valence-electron chi connectivity index (χ2n) is 8.28. The minimum atomic E-state index is -0.297. The average molecular weight is 441 g/mol. The lowest BCUT2D eigenvalue weighted by atomic mass is 10.0. The van der Waals surface area contributed by atoms with Crippen molar-refractivity contribution in [2.24, 2.45) is 0 Å². The van der Waals surface area contributed by atoms with E-state index in [4.69, 9.17) is 0 Å². The molecule has 4 heteroatoms. The lowest BCUT2D eigenvalue weighted by Crippen LogP contribution is -1.98. The third-order valence-electron chi connectivity index (χ3n) is 6.30. The molecule has 0 atom stereocenters. The number of hydrogen-bond donors (Lipinski definition) is 0. The number of benzene rings is 5. The number of hydrogen-bond acceptors (Lipinski definition) is 2. The summed E-state index contributed by atoms with van der Waals surface area (Å²) in [6.45, 7) is 0. The molecule has 6 aromatic rings. The minimum Gasteiger partial charge on any atom is -0.309 e. The summed E-state index contributed by atoms with van der Waals surface area (Å²) in [5.41, 5.74) is 6.57. The molecule has 1 heterocycles. The van der Waals surface area contributed by atoms with Crippen molar-refractivity contribution in [1.29, 1.82) is 0 Å². The Labute approximate surface area is 196 Å². The maximum Gasteiger partial charge on any atom is 0.279 e. The van der Waals surface area contributed by atoms with Crippen molar-refractivity contribution in [3.05, 3.63) is 131 Å². The monoisotopic (exact) mass is 440 g/mol. The average Bonchev–Trinajstić information content (AvgIpc) is 3.23. The molecule has 0 radical (unpaired) electrons. The van der Waals surface area contributed by atoms with Gasteiger partial charge in [0.25, 0.3) is 5.69 Å². The molecular weight excluding hydrogens is 420 g/mol. The van der Waals surface area contributed by atoms with Crippen LogP contribution in [0, 0.1) is 10.1 Å². The van der Waals surface area contributed by atoms with E-state index in [1.807, 2.05) is 72.8 Å². The zero-order chi connectivity index (χ0) is 23.1. The highest BCUT2D eigenvalue weighted by Gasteiger charge is 2.19. The number of aromatic nitrogens is 1.